The topological polar surface area (TPSA) is 71.0 Å². The van der Waals surface area contributed by atoms with Gasteiger partial charge in [-0.25, -0.2) is 0 Å². The Bertz CT molecular complexity index is 1010. The number of aromatic amines is 1. The maximum absolute atomic E-state index is 13.1. The summed E-state index contributed by atoms with van der Waals surface area (Å²) in [5.41, 5.74) is 2.79. The fraction of sp³-hybridized carbons (Fsp3) is 0.316. The molecule has 1 aliphatic carbocycles. The number of hydrogen-bond acceptors (Lipinski definition) is 3. The Kier molecular flexibility index (Phi) is 3.67. The van der Waals surface area contributed by atoms with Gasteiger partial charge >= 0.3 is 0 Å². The summed E-state index contributed by atoms with van der Waals surface area (Å²) in [6, 6.07) is 8.35. The van der Waals surface area contributed by atoms with Crippen molar-refractivity contribution in [2.75, 3.05) is 0 Å². The van der Waals surface area contributed by atoms with Gasteiger partial charge in [0.15, 0.2) is 0 Å². The van der Waals surface area contributed by atoms with Crippen molar-refractivity contribution < 1.29 is 4.79 Å². The van der Waals surface area contributed by atoms with E-state index in [4.69, 9.17) is 0 Å². The van der Waals surface area contributed by atoms with E-state index in [9.17, 15) is 9.59 Å². The van der Waals surface area contributed by atoms with Crippen LogP contribution in [0.4, 0.5) is 0 Å². The van der Waals surface area contributed by atoms with E-state index < -0.39 is 0 Å². The highest BCUT2D eigenvalue weighted by Gasteiger charge is 2.34. The average Bonchev–Trinajstić information content (AvgIpc) is 3.36. The number of carbonyl (C=O) groups excluding carboxylic acids is 1. The maximum atomic E-state index is 13.1. The smallest absolute Gasteiger partial charge is 0.259 e. The lowest BCUT2D eigenvalue weighted by molar-refractivity contribution is 0.0728. The van der Waals surface area contributed by atoms with Crippen LogP contribution < -0.4 is 5.43 Å². The molecule has 0 spiro atoms. The maximum Gasteiger partial charge on any atom is 0.259 e. The molecule has 0 atom stereocenters. The molecule has 0 saturated heterocycles. The van der Waals surface area contributed by atoms with Gasteiger partial charge in [-0.15, -0.1) is 0 Å². The summed E-state index contributed by atoms with van der Waals surface area (Å²) in [6.45, 7) is 2.56. The van der Waals surface area contributed by atoms with Crippen LogP contribution >= 0.6 is 0 Å². The van der Waals surface area contributed by atoms with Crippen LogP contribution in [-0.4, -0.2) is 31.6 Å². The Labute approximate surface area is 145 Å². The van der Waals surface area contributed by atoms with E-state index in [2.05, 4.69) is 16.1 Å². The predicted molar refractivity (Wildman–Crippen MR) is 95.4 cm³/mol. The quantitative estimate of drug-likeness (QED) is 0.795. The second-order valence-electron chi connectivity index (χ2n) is 6.72. The van der Waals surface area contributed by atoms with Gasteiger partial charge in [0.1, 0.15) is 11.2 Å². The number of nitrogens with zero attached hydrogens (tertiary/aromatic N) is 3. The van der Waals surface area contributed by atoms with Crippen molar-refractivity contribution in [1.82, 2.24) is 19.7 Å². The summed E-state index contributed by atoms with van der Waals surface area (Å²) in [7, 11) is 1.76. The largest absolute Gasteiger partial charge is 0.345 e. The molecular formula is C19H20N4O2. The highest BCUT2D eigenvalue weighted by atomic mass is 16.2. The molecule has 25 heavy (non-hydrogen) atoms. The molecule has 0 aliphatic heterocycles. The molecule has 1 aromatic carbocycles. The van der Waals surface area contributed by atoms with E-state index in [1.165, 1.54) is 12.4 Å². The SMILES string of the molecule is Cc1cccc(CN(C(=O)c2c[nH]c3c(cnn3C)c2=O)C2CC2)c1. The number of hydrogen-bond donors (Lipinski definition) is 1. The van der Waals surface area contributed by atoms with Crippen LogP contribution in [0.1, 0.15) is 34.3 Å². The van der Waals surface area contributed by atoms with E-state index in [1.54, 1.807) is 11.7 Å². The molecule has 1 amide bonds. The molecule has 6 heteroatoms. The van der Waals surface area contributed by atoms with Crippen LogP contribution in [0.5, 0.6) is 0 Å². The number of aromatic nitrogens is 3. The van der Waals surface area contributed by atoms with Crippen molar-refractivity contribution in [2.24, 2.45) is 7.05 Å². The normalized spacial score (nSPS) is 14.0. The summed E-state index contributed by atoms with van der Waals surface area (Å²) in [6.07, 6.45) is 5.00. The summed E-state index contributed by atoms with van der Waals surface area (Å²) in [4.78, 5) is 30.6. The van der Waals surface area contributed by atoms with Crippen molar-refractivity contribution >= 4 is 16.9 Å². The molecule has 3 aromatic rings. The van der Waals surface area contributed by atoms with E-state index in [-0.39, 0.29) is 22.9 Å². The first-order valence-electron chi connectivity index (χ1n) is 8.44. The number of carbonyl (C=O) groups is 1. The lowest BCUT2D eigenvalue weighted by Gasteiger charge is -2.22. The Morgan fingerprint density at radius 3 is 2.92 bits per heavy atom. The van der Waals surface area contributed by atoms with Crippen molar-refractivity contribution in [3.05, 3.63) is 63.6 Å². The van der Waals surface area contributed by atoms with Gasteiger partial charge in [-0.05, 0) is 25.3 Å². The van der Waals surface area contributed by atoms with E-state index in [0.29, 0.717) is 17.6 Å². The summed E-state index contributed by atoms with van der Waals surface area (Å²) < 4.78 is 1.59. The van der Waals surface area contributed by atoms with Gasteiger partial charge in [0, 0.05) is 25.8 Å². The van der Waals surface area contributed by atoms with Gasteiger partial charge in [0.2, 0.25) is 5.43 Å². The second kappa shape index (κ2) is 5.88. The minimum Gasteiger partial charge on any atom is -0.345 e. The monoisotopic (exact) mass is 336 g/mol. The molecule has 1 saturated carbocycles. The van der Waals surface area contributed by atoms with Crippen molar-refractivity contribution in [1.29, 1.82) is 0 Å². The molecule has 2 heterocycles. The first kappa shape index (κ1) is 15.6. The standard InChI is InChI=1S/C19H20N4O2/c1-12-4-3-5-13(8-12)11-23(14-6-7-14)19(25)16-9-20-18-15(17(16)24)10-21-22(18)2/h3-5,8-10,14H,6-7,11H2,1-2H3,(H,20,24). The minimum atomic E-state index is -0.262. The number of benzene rings is 1. The van der Waals surface area contributed by atoms with E-state index >= 15 is 0 Å². The van der Waals surface area contributed by atoms with Gasteiger partial charge in [-0.3, -0.25) is 14.3 Å². The third kappa shape index (κ3) is 2.84. The first-order chi connectivity index (χ1) is 12.0. The van der Waals surface area contributed by atoms with Crippen LogP contribution in [0.15, 0.2) is 41.5 Å². The number of nitrogens with one attached hydrogen (secondary N) is 1. The summed E-state index contributed by atoms with van der Waals surface area (Å²) in [5, 5.41) is 4.53. The lowest BCUT2D eigenvalue weighted by atomic mass is 10.1. The Hall–Kier alpha value is -2.89. The number of pyridine rings is 1. The molecule has 0 radical (unpaired) electrons. The minimum absolute atomic E-state index is 0.181. The predicted octanol–water partition coefficient (Wildman–Crippen LogP) is 2.37. The highest BCUT2D eigenvalue weighted by molar-refractivity contribution is 5.97. The molecule has 0 bridgehead atoms. The number of fused-ring (bicyclic) bond motifs is 1. The zero-order valence-corrected chi connectivity index (χ0v) is 14.3. The molecule has 6 nitrogen and oxygen atoms in total. The zero-order chi connectivity index (χ0) is 17.6. The fourth-order valence-corrected chi connectivity index (χ4v) is 3.20. The first-order valence-corrected chi connectivity index (χ1v) is 8.44. The van der Waals surface area contributed by atoms with Crippen molar-refractivity contribution in [3.63, 3.8) is 0 Å². The van der Waals surface area contributed by atoms with Gasteiger partial charge in [-0.1, -0.05) is 29.8 Å². The van der Waals surface area contributed by atoms with Crippen LogP contribution in [0.3, 0.4) is 0 Å². The highest BCUT2D eigenvalue weighted by Crippen LogP contribution is 2.29. The van der Waals surface area contributed by atoms with Gasteiger partial charge in [-0.2, -0.15) is 5.10 Å². The lowest BCUT2D eigenvalue weighted by Crippen LogP contribution is -2.35. The number of H-pyrrole nitrogens is 1. The Morgan fingerprint density at radius 2 is 2.20 bits per heavy atom. The molecule has 1 N–H and O–H groups in total. The number of amides is 1. The van der Waals surface area contributed by atoms with Gasteiger partial charge in [0.05, 0.1) is 11.6 Å². The molecule has 2 aromatic heterocycles. The fourth-order valence-electron chi connectivity index (χ4n) is 3.20. The molecule has 4 rings (SSSR count). The Balaban J connectivity index is 1.70. The summed E-state index contributed by atoms with van der Waals surface area (Å²) in [5.74, 6) is -0.212. The van der Waals surface area contributed by atoms with Gasteiger partial charge in [0.25, 0.3) is 5.91 Å². The summed E-state index contributed by atoms with van der Waals surface area (Å²) >= 11 is 0. The molecule has 1 fully saturated rings. The van der Waals surface area contributed by atoms with Crippen LogP contribution in [0, 0.1) is 6.92 Å². The molecule has 0 unspecified atom stereocenters. The van der Waals surface area contributed by atoms with Gasteiger partial charge < -0.3 is 9.88 Å². The second-order valence-corrected chi connectivity index (χ2v) is 6.72. The Morgan fingerprint density at radius 1 is 1.40 bits per heavy atom. The molecule has 128 valence electrons. The van der Waals surface area contributed by atoms with E-state index in [0.717, 1.165) is 24.0 Å². The molecular weight excluding hydrogens is 316 g/mol. The van der Waals surface area contributed by atoms with Crippen molar-refractivity contribution in [2.45, 2.75) is 32.4 Å². The molecule has 1 aliphatic rings. The average molecular weight is 336 g/mol. The number of aryl methyl sites for hydroxylation is 2. The van der Waals surface area contributed by atoms with Crippen molar-refractivity contribution in [3.8, 4) is 0 Å². The van der Waals surface area contributed by atoms with Crippen LogP contribution in [0.2, 0.25) is 0 Å². The van der Waals surface area contributed by atoms with E-state index in [1.807, 2.05) is 30.0 Å². The van der Waals surface area contributed by atoms with Crippen LogP contribution in [0.25, 0.3) is 11.0 Å². The third-order valence-electron chi connectivity index (χ3n) is 4.70. The van der Waals surface area contributed by atoms with Crippen LogP contribution in [-0.2, 0) is 13.6 Å². The number of rotatable bonds is 4. The zero-order valence-electron chi connectivity index (χ0n) is 14.3. The third-order valence-corrected chi connectivity index (χ3v) is 4.70.